The van der Waals surface area contributed by atoms with Crippen LogP contribution in [0.25, 0.3) is 5.57 Å². The highest BCUT2D eigenvalue weighted by Crippen LogP contribution is 2.41. The summed E-state index contributed by atoms with van der Waals surface area (Å²) in [4.78, 5) is 13.7. The lowest BCUT2D eigenvalue weighted by molar-refractivity contribution is -0.103. The van der Waals surface area contributed by atoms with E-state index in [-0.39, 0.29) is 0 Å². The number of anilines is 1. The molecule has 1 aromatic carbocycles. The van der Waals surface area contributed by atoms with Crippen molar-refractivity contribution in [1.82, 2.24) is 0 Å². The summed E-state index contributed by atoms with van der Waals surface area (Å²) in [5.74, 6) is 0. The lowest BCUT2D eigenvalue weighted by atomic mass is 9.88. The van der Waals surface area contributed by atoms with Crippen LogP contribution in [0, 0.1) is 0 Å². The summed E-state index contributed by atoms with van der Waals surface area (Å²) >= 11 is 0. The number of benzene rings is 1. The molecule has 1 heterocycles. The minimum atomic E-state index is 0.838. The van der Waals surface area contributed by atoms with Crippen molar-refractivity contribution in [2.24, 2.45) is 0 Å². The Bertz CT molecular complexity index is 593. The Morgan fingerprint density at radius 2 is 2.17 bits per heavy atom. The first-order valence-corrected chi connectivity index (χ1v) is 6.29. The van der Waals surface area contributed by atoms with E-state index >= 15 is 0 Å². The maximum absolute atomic E-state index is 11.4. The Labute approximate surface area is 107 Å². The number of hydrogen-bond donors (Lipinski definition) is 0. The average molecular weight is 237 g/mol. The van der Waals surface area contributed by atoms with Crippen molar-refractivity contribution in [2.45, 2.75) is 13.3 Å². The summed E-state index contributed by atoms with van der Waals surface area (Å²) in [7, 11) is 0. The van der Waals surface area contributed by atoms with Crippen LogP contribution in [-0.4, -0.2) is 12.8 Å². The maximum Gasteiger partial charge on any atom is 0.151 e. The van der Waals surface area contributed by atoms with Gasteiger partial charge in [-0.25, -0.2) is 0 Å². The van der Waals surface area contributed by atoms with Crippen LogP contribution in [0.1, 0.15) is 18.9 Å². The molecule has 0 bridgehead atoms. The molecular weight excluding hydrogens is 222 g/mol. The van der Waals surface area contributed by atoms with Gasteiger partial charge in [0.15, 0.2) is 6.29 Å². The number of hydrogen-bond acceptors (Lipinski definition) is 2. The first-order valence-electron chi connectivity index (χ1n) is 6.29. The van der Waals surface area contributed by atoms with Crippen LogP contribution in [0.2, 0.25) is 0 Å². The molecule has 0 saturated heterocycles. The Hall–Kier alpha value is -2.09. The van der Waals surface area contributed by atoms with Crippen LogP contribution in [0.15, 0.2) is 53.8 Å². The van der Waals surface area contributed by atoms with Crippen molar-refractivity contribution < 1.29 is 4.79 Å². The molecule has 2 aliphatic rings. The number of fused-ring (bicyclic) bond motifs is 2. The van der Waals surface area contributed by atoms with Crippen LogP contribution in [0.5, 0.6) is 0 Å². The monoisotopic (exact) mass is 237 g/mol. The predicted octanol–water partition coefficient (Wildman–Crippen LogP) is 3.32. The Morgan fingerprint density at radius 3 is 2.94 bits per heavy atom. The molecule has 0 N–H and O–H groups in total. The van der Waals surface area contributed by atoms with Gasteiger partial charge in [0.2, 0.25) is 0 Å². The highest BCUT2D eigenvalue weighted by Gasteiger charge is 2.27. The van der Waals surface area contributed by atoms with Gasteiger partial charge in [0.1, 0.15) is 0 Å². The second-order valence-electron chi connectivity index (χ2n) is 4.46. The quantitative estimate of drug-likeness (QED) is 0.735. The molecule has 2 heteroatoms. The molecule has 2 nitrogen and oxygen atoms in total. The molecule has 0 spiro atoms. The van der Waals surface area contributed by atoms with Gasteiger partial charge in [0.05, 0.1) is 0 Å². The van der Waals surface area contributed by atoms with Crippen LogP contribution in [0.3, 0.4) is 0 Å². The summed E-state index contributed by atoms with van der Waals surface area (Å²) in [6.45, 7) is 3.05. The molecule has 1 aliphatic heterocycles. The number of likely N-dealkylation sites (N-methyl/N-ethyl adjacent to an activating group) is 1. The van der Waals surface area contributed by atoms with Crippen molar-refractivity contribution in [3.05, 3.63) is 59.3 Å². The lowest BCUT2D eigenvalue weighted by Gasteiger charge is -2.35. The van der Waals surface area contributed by atoms with Gasteiger partial charge < -0.3 is 4.90 Å². The van der Waals surface area contributed by atoms with Crippen molar-refractivity contribution in [3.8, 4) is 0 Å². The normalized spacial score (nSPS) is 17.2. The molecule has 18 heavy (non-hydrogen) atoms. The minimum absolute atomic E-state index is 0.838. The Morgan fingerprint density at radius 1 is 1.33 bits per heavy atom. The summed E-state index contributed by atoms with van der Waals surface area (Å²) in [6.07, 6.45) is 8.10. The third kappa shape index (κ3) is 1.46. The number of nitrogens with zero attached hydrogens (tertiary/aromatic N) is 1. The molecule has 3 rings (SSSR count). The molecular formula is C16H15NO. The van der Waals surface area contributed by atoms with Crippen molar-refractivity contribution in [3.63, 3.8) is 0 Å². The average Bonchev–Trinajstić information content (AvgIpc) is 2.44. The molecule has 1 aliphatic carbocycles. The zero-order valence-electron chi connectivity index (χ0n) is 10.4. The molecule has 0 unspecified atom stereocenters. The van der Waals surface area contributed by atoms with E-state index in [0.29, 0.717) is 0 Å². The maximum atomic E-state index is 11.4. The largest absolute Gasteiger partial charge is 0.341 e. The predicted molar refractivity (Wildman–Crippen MR) is 74.3 cm³/mol. The molecule has 0 radical (unpaired) electrons. The molecule has 1 aromatic rings. The van der Waals surface area contributed by atoms with Gasteiger partial charge in [-0.15, -0.1) is 0 Å². The first kappa shape index (κ1) is 11.0. The molecule has 90 valence electrons. The van der Waals surface area contributed by atoms with E-state index in [1.165, 1.54) is 5.70 Å². The van der Waals surface area contributed by atoms with E-state index < -0.39 is 0 Å². The topological polar surface area (TPSA) is 20.3 Å². The van der Waals surface area contributed by atoms with Gasteiger partial charge in [-0.05, 0) is 31.1 Å². The van der Waals surface area contributed by atoms with Crippen molar-refractivity contribution in [2.75, 3.05) is 11.4 Å². The van der Waals surface area contributed by atoms with Gasteiger partial charge in [0, 0.05) is 29.1 Å². The van der Waals surface area contributed by atoms with Gasteiger partial charge >= 0.3 is 0 Å². The summed E-state index contributed by atoms with van der Waals surface area (Å²) in [5.41, 5.74) is 5.34. The zero-order valence-corrected chi connectivity index (χ0v) is 10.4. The fraction of sp³-hybridized carbons (Fsp3) is 0.188. The van der Waals surface area contributed by atoms with E-state index in [1.807, 2.05) is 18.2 Å². The van der Waals surface area contributed by atoms with Crippen LogP contribution < -0.4 is 4.90 Å². The fourth-order valence-corrected chi connectivity index (χ4v) is 2.76. The molecule has 0 fully saturated rings. The van der Waals surface area contributed by atoms with Crippen LogP contribution in [-0.2, 0) is 4.79 Å². The summed E-state index contributed by atoms with van der Waals surface area (Å²) in [6, 6.07) is 8.13. The first-order chi connectivity index (χ1) is 8.86. The lowest BCUT2D eigenvalue weighted by Crippen LogP contribution is -2.28. The van der Waals surface area contributed by atoms with Gasteiger partial charge in [-0.1, -0.05) is 30.4 Å². The van der Waals surface area contributed by atoms with Crippen molar-refractivity contribution in [1.29, 1.82) is 0 Å². The van der Waals surface area contributed by atoms with Crippen LogP contribution in [0.4, 0.5) is 5.69 Å². The number of carbonyl (C=O) groups is 1. The Balaban J connectivity index is 2.30. The highest BCUT2D eigenvalue weighted by molar-refractivity contribution is 6.13. The van der Waals surface area contributed by atoms with E-state index in [2.05, 4.69) is 36.1 Å². The SMILES string of the molecule is CCN1C2=CC=CCC2=C(C=O)c2ccccc21. The van der Waals surface area contributed by atoms with E-state index in [0.717, 1.165) is 41.6 Å². The molecule has 0 saturated carbocycles. The van der Waals surface area contributed by atoms with Gasteiger partial charge in [-0.3, -0.25) is 4.79 Å². The second-order valence-corrected chi connectivity index (χ2v) is 4.46. The number of carbonyl (C=O) groups excluding carboxylic acids is 1. The molecule has 0 amide bonds. The summed E-state index contributed by atoms with van der Waals surface area (Å²) < 4.78 is 0. The standard InChI is InChI=1S/C16H15NO/c1-2-17-15-9-5-3-7-12(15)14(11-18)13-8-4-6-10-16(13)17/h3-7,9-11H,2,8H2,1H3. The Kier molecular flexibility index (Phi) is 2.63. The number of allylic oxidation sites excluding steroid dienone is 5. The van der Waals surface area contributed by atoms with E-state index in [9.17, 15) is 4.79 Å². The smallest absolute Gasteiger partial charge is 0.151 e. The zero-order chi connectivity index (χ0) is 12.5. The third-order valence-electron chi connectivity index (χ3n) is 3.56. The number of rotatable bonds is 2. The second kappa shape index (κ2) is 4.30. The van der Waals surface area contributed by atoms with Gasteiger partial charge in [-0.2, -0.15) is 0 Å². The van der Waals surface area contributed by atoms with Crippen molar-refractivity contribution >= 4 is 17.5 Å². The number of para-hydroxylation sites is 1. The van der Waals surface area contributed by atoms with Crippen LogP contribution >= 0.6 is 0 Å². The fourth-order valence-electron chi connectivity index (χ4n) is 2.76. The highest BCUT2D eigenvalue weighted by atomic mass is 16.1. The molecule has 0 atom stereocenters. The minimum Gasteiger partial charge on any atom is -0.341 e. The molecule has 0 aromatic heterocycles. The van der Waals surface area contributed by atoms with E-state index in [4.69, 9.17) is 0 Å². The third-order valence-corrected chi connectivity index (χ3v) is 3.56. The number of aldehydes is 1. The van der Waals surface area contributed by atoms with E-state index in [1.54, 1.807) is 0 Å². The van der Waals surface area contributed by atoms with Gasteiger partial charge in [0.25, 0.3) is 0 Å². The summed E-state index contributed by atoms with van der Waals surface area (Å²) in [5, 5.41) is 0.